The Balaban J connectivity index is 0.000000178. The monoisotopic (exact) mass is 1350 g/mol. The first kappa shape index (κ1) is 73.4. The number of pyridine rings is 3. The smallest absolute Gasteiger partial charge is 0.796 e. The number of rotatable bonds is 16. The Bertz CT molecular complexity index is 4060. The predicted octanol–water partition coefficient (Wildman–Crippen LogP) is 10.6. The van der Waals surface area contributed by atoms with Crippen molar-refractivity contribution >= 4 is 97.8 Å². The third-order valence-electron chi connectivity index (χ3n) is 17.5. The Kier molecular flexibility index (Phi) is 28.2. The van der Waals surface area contributed by atoms with Crippen molar-refractivity contribution in [3.63, 3.8) is 0 Å². The van der Waals surface area contributed by atoms with Crippen LogP contribution in [-0.4, -0.2) is 123 Å². The standard InChI is InChI=1S/C25H28N2O3S.C24H25ClN2O3.C24H26N2O3S.CH4S.Na/c1-30-24-19-8-4-3-7-18(19)17(13-16-11-12-26-23(14-16)31-2)15-20(24)25(29)27-21-9-5-6-10-22(21)28;1-30-23-18-7-3-2-6-17(18)16(12-15-10-11-26-22(25)13-15)14-19(23)24(29)27-20-8-4-5-9-21(20)28;1-30-22-13-15(10-11-25-22)12-16-14-19(23(28)18-7-3-2-6-17(16)18)24(29)26-20-8-4-5-9-21(20)27;1-2;/h3-4,7-8,11-12,14-15,21-22,28H,5-6,9-10,13H2,1-2H3,(H,27,29);2-3,6-7,10-11,13-14,20-21,28H,4-5,8-9,12H2,1H3,(H,27,29);2-3,6-7,10-11,13-14,20-21,27-28H,4-5,8-9,12H2,1H3,(H,26,29);2H,1H3;/q;;;;+1/p-1/t21-,22-;2*20-,21-;;/m000../s1. The van der Waals surface area contributed by atoms with E-state index in [0.29, 0.717) is 65.3 Å². The zero-order chi connectivity index (χ0) is 66.0. The number of phenolic OH excluding ortho intramolecular Hbond substituents is 1. The molecule has 9 aromatic rings. The van der Waals surface area contributed by atoms with Crippen molar-refractivity contribution in [2.75, 3.05) is 33.0 Å². The van der Waals surface area contributed by atoms with Gasteiger partial charge in [-0.1, -0.05) is 123 Å². The van der Waals surface area contributed by atoms with E-state index in [9.17, 15) is 34.8 Å². The van der Waals surface area contributed by atoms with Gasteiger partial charge < -0.3 is 58.5 Å². The summed E-state index contributed by atoms with van der Waals surface area (Å²) in [6.45, 7) is 0. The second-order valence-electron chi connectivity index (χ2n) is 23.5. The van der Waals surface area contributed by atoms with Gasteiger partial charge in [-0.15, -0.1) is 23.5 Å². The zero-order valence-corrected chi connectivity index (χ0v) is 59.4. The van der Waals surface area contributed by atoms with Crippen LogP contribution >= 0.6 is 35.1 Å². The number of aliphatic hydroxyl groups is 3. The summed E-state index contributed by atoms with van der Waals surface area (Å²) in [5, 5.41) is 58.5. The number of carbonyl (C=O) groups is 3. The summed E-state index contributed by atoms with van der Waals surface area (Å²) >= 11 is 13.3. The van der Waals surface area contributed by atoms with E-state index in [1.54, 1.807) is 62.5 Å². The molecule has 12 rings (SSSR count). The van der Waals surface area contributed by atoms with Crippen LogP contribution in [-0.2, 0) is 31.9 Å². The number of carbonyl (C=O) groups excluding carboxylic acids is 3. The predicted molar refractivity (Wildman–Crippen MR) is 377 cm³/mol. The Morgan fingerprint density at radius 2 is 0.798 bits per heavy atom. The van der Waals surface area contributed by atoms with E-state index in [2.05, 4.69) is 55.7 Å². The fraction of sp³-hybridized carbons (Fsp3) is 0.351. The molecule has 3 heterocycles. The molecule has 94 heavy (non-hydrogen) atoms. The molecule has 6 atom stereocenters. The second-order valence-corrected chi connectivity index (χ2v) is 25.6. The molecule has 3 amide bonds. The average molecular weight is 1350 g/mol. The van der Waals surface area contributed by atoms with Gasteiger partial charge in [0.15, 0.2) is 0 Å². The summed E-state index contributed by atoms with van der Waals surface area (Å²) in [4.78, 5) is 52.2. The molecule has 0 saturated heterocycles. The Morgan fingerprint density at radius 3 is 1.16 bits per heavy atom. The number of thioether (sulfide) groups is 2. The SMILES string of the molecule is COc1c(C(=O)N[C@H]2CCCC[C@@H]2O)cc(Cc2ccnc(Cl)c2)c2ccccc12.COc1c(C(=O)N[C@H]2CCCC[C@@H]2O)cc(Cc2ccnc(SC)c2)c2ccccc12.CSc1cc(Cc2cc(C(=O)N[C@H]3CCCC[C@@H]3O)c(O)c3ccccc23)ccn1.C[S-].[Na+]. The molecule has 0 spiro atoms. The van der Waals surface area contributed by atoms with Crippen LogP contribution in [0.1, 0.15) is 142 Å². The summed E-state index contributed by atoms with van der Waals surface area (Å²) in [6, 6.07) is 40.3. The molecule has 0 bridgehead atoms. The number of aromatic hydroxyl groups is 1. The molecule has 488 valence electrons. The van der Waals surface area contributed by atoms with E-state index < -0.39 is 18.3 Å². The number of amides is 3. The summed E-state index contributed by atoms with van der Waals surface area (Å²) in [6.07, 6.45) is 21.7. The van der Waals surface area contributed by atoms with E-state index in [1.165, 1.54) is 0 Å². The first-order valence-electron chi connectivity index (χ1n) is 31.6. The fourth-order valence-electron chi connectivity index (χ4n) is 12.8. The van der Waals surface area contributed by atoms with Gasteiger partial charge in [0.2, 0.25) is 0 Å². The minimum atomic E-state index is -0.536. The van der Waals surface area contributed by atoms with Crippen molar-refractivity contribution in [2.45, 2.75) is 143 Å². The van der Waals surface area contributed by atoms with Crippen LogP contribution in [0.25, 0.3) is 32.3 Å². The van der Waals surface area contributed by atoms with Crippen LogP contribution in [0.2, 0.25) is 5.15 Å². The number of benzene rings is 6. The van der Waals surface area contributed by atoms with Crippen molar-refractivity contribution in [1.82, 2.24) is 30.9 Å². The number of nitrogens with zero attached hydrogens (tertiary/aromatic N) is 3. The average Bonchev–Trinajstić information content (AvgIpc) is 0.799. The number of methoxy groups -OCH3 is 2. The third-order valence-corrected chi connectivity index (χ3v) is 19.0. The quantitative estimate of drug-likeness (QED) is 0.0207. The minimum Gasteiger partial charge on any atom is -0.796 e. The molecule has 3 fully saturated rings. The molecule has 0 radical (unpaired) electrons. The van der Waals surface area contributed by atoms with Gasteiger partial charge in [0.1, 0.15) is 22.4 Å². The molecule has 3 aromatic heterocycles. The van der Waals surface area contributed by atoms with Crippen LogP contribution in [0.5, 0.6) is 17.2 Å². The summed E-state index contributed by atoms with van der Waals surface area (Å²) in [5.74, 6) is 0.333. The Hall–Kier alpha value is -6.42. The van der Waals surface area contributed by atoms with Crippen LogP contribution in [0.4, 0.5) is 0 Å². The number of aromatic nitrogens is 3. The molecule has 0 aliphatic heterocycles. The van der Waals surface area contributed by atoms with Crippen LogP contribution in [0, 0.1) is 0 Å². The molecular formula is C74H82ClN6NaO9S3. The van der Waals surface area contributed by atoms with Gasteiger partial charge in [-0.2, -0.15) is 6.26 Å². The molecule has 7 N–H and O–H groups in total. The van der Waals surface area contributed by atoms with E-state index in [0.717, 1.165) is 135 Å². The van der Waals surface area contributed by atoms with Gasteiger partial charge >= 0.3 is 29.6 Å². The normalized spacial score (nSPS) is 18.3. The zero-order valence-electron chi connectivity index (χ0n) is 54.2. The van der Waals surface area contributed by atoms with Crippen molar-refractivity contribution in [1.29, 1.82) is 0 Å². The largest absolute Gasteiger partial charge is 1.00 e. The van der Waals surface area contributed by atoms with Crippen molar-refractivity contribution in [2.24, 2.45) is 0 Å². The van der Waals surface area contributed by atoms with Gasteiger partial charge in [0.05, 0.1) is 77.4 Å². The van der Waals surface area contributed by atoms with E-state index in [-0.39, 0.29) is 76.7 Å². The maximum Gasteiger partial charge on any atom is 1.00 e. The van der Waals surface area contributed by atoms with Crippen molar-refractivity contribution in [3.05, 3.63) is 201 Å². The first-order chi connectivity index (χ1) is 45.2. The van der Waals surface area contributed by atoms with Gasteiger partial charge in [-0.25, -0.2) is 15.0 Å². The number of aliphatic hydroxyl groups excluding tert-OH is 3. The molecule has 6 aromatic carbocycles. The van der Waals surface area contributed by atoms with E-state index in [4.69, 9.17) is 21.1 Å². The number of fused-ring (bicyclic) bond motifs is 3. The number of hydrogen-bond acceptors (Lipinski definition) is 15. The fourth-order valence-corrected chi connectivity index (χ4v) is 13.9. The van der Waals surface area contributed by atoms with Gasteiger partial charge in [-0.3, -0.25) is 14.4 Å². The summed E-state index contributed by atoms with van der Waals surface area (Å²) in [5.41, 5.74) is 7.52. The van der Waals surface area contributed by atoms with Crippen molar-refractivity contribution < 1.29 is 73.8 Å². The topological polar surface area (TPSA) is 225 Å². The summed E-state index contributed by atoms with van der Waals surface area (Å²) < 4.78 is 11.4. The molecule has 3 aliphatic rings. The number of ether oxygens (including phenoxy) is 2. The molecule has 3 saturated carbocycles. The van der Waals surface area contributed by atoms with E-state index in [1.807, 2.05) is 128 Å². The van der Waals surface area contributed by atoms with Crippen LogP contribution in [0.15, 0.2) is 156 Å². The second kappa shape index (κ2) is 36.1. The van der Waals surface area contributed by atoms with Gasteiger partial charge in [-0.05, 0) is 174 Å². The number of phenols is 1. The number of hydrogen-bond donors (Lipinski definition) is 7. The Labute approximate surface area is 592 Å². The maximum absolute atomic E-state index is 13.3. The van der Waals surface area contributed by atoms with Crippen molar-refractivity contribution in [3.8, 4) is 17.2 Å². The molecular weight excluding hydrogens is 1270 g/mol. The summed E-state index contributed by atoms with van der Waals surface area (Å²) in [7, 11) is 3.18. The molecule has 15 nitrogen and oxygen atoms in total. The molecule has 0 unspecified atom stereocenters. The molecule has 3 aliphatic carbocycles. The first-order valence-corrected chi connectivity index (χ1v) is 35.2. The van der Waals surface area contributed by atoms with E-state index >= 15 is 0 Å². The third kappa shape index (κ3) is 18.6. The van der Waals surface area contributed by atoms with Crippen LogP contribution in [0.3, 0.4) is 0 Å². The van der Waals surface area contributed by atoms with Gasteiger partial charge in [0, 0.05) is 34.7 Å². The maximum atomic E-state index is 13.3. The number of nitrogens with one attached hydrogen (secondary N) is 3. The Morgan fingerprint density at radius 1 is 0.479 bits per heavy atom. The van der Waals surface area contributed by atoms with Gasteiger partial charge in [0.25, 0.3) is 17.7 Å². The van der Waals surface area contributed by atoms with Crippen LogP contribution < -0.4 is 55.0 Å². The number of halogens is 1. The minimum absolute atomic E-state index is 0. The molecule has 20 heteroatoms.